The highest BCUT2D eigenvalue weighted by Gasteiger charge is 2.17. The van der Waals surface area contributed by atoms with Crippen LogP contribution in [0.4, 0.5) is 4.39 Å². The summed E-state index contributed by atoms with van der Waals surface area (Å²) in [5, 5.41) is 0. The summed E-state index contributed by atoms with van der Waals surface area (Å²) >= 11 is 0. The van der Waals surface area contributed by atoms with Crippen LogP contribution in [0.3, 0.4) is 0 Å². The summed E-state index contributed by atoms with van der Waals surface area (Å²) in [6.07, 6.45) is -0.511. The average molecular weight is 348 g/mol. The first-order valence-electron chi connectivity index (χ1n) is 7.90. The van der Waals surface area contributed by atoms with Crippen molar-refractivity contribution >= 4 is 5.97 Å². The summed E-state index contributed by atoms with van der Waals surface area (Å²) in [5.41, 5.74) is 0.330. The lowest BCUT2D eigenvalue weighted by Crippen LogP contribution is -2.22. The van der Waals surface area contributed by atoms with E-state index in [-0.39, 0.29) is 12.4 Å². The van der Waals surface area contributed by atoms with Crippen LogP contribution in [0.15, 0.2) is 48.5 Å². The monoisotopic (exact) mass is 348 g/mol. The van der Waals surface area contributed by atoms with Crippen molar-refractivity contribution in [2.45, 2.75) is 13.0 Å². The Morgan fingerprint density at radius 2 is 1.88 bits per heavy atom. The Bertz CT molecular complexity index is 689. The molecule has 5 nitrogen and oxygen atoms in total. The Labute approximate surface area is 146 Å². The number of rotatable bonds is 9. The van der Waals surface area contributed by atoms with E-state index in [0.717, 1.165) is 0 Å². The van der Waals surface area contributed by atoms with E-state index in [1.54, 1.807) is 50.4 Å². The first kappa shape index (κ1) is 18.7. The average Bonchev–Trinajstić information content (AvgIpc) is 2.60. The summed E-state index contributed by atoms with van der Waals surface area (Å²) in [6.45, 7) is 2.56. The summed E-state index contributed by atoms with van der Waals surface area (Å²) in [7, 11) is 1.57. The number of para-hydroxylation sites is 1. The molecule has 2 rings (SSSR count). The van der Waals surface area contributed by atoms with E-state index in [9.17, 15) is 9.18 Å². The number of esters is 1. The molecule has 25 heavy (non-hydrogen) atoms. The van der Waals surface area contributed by atoms with Crippen LogP contribution in [-0.2, 0) is 9.47 Å². The SMILES string of the molecule is COCCOc1ccccc1C(=O)OC(C)COc1cccc(F)c1. The number of methoxy groups -OCH3 is 1. The van der Waals surface area contributed by atoms with Crippen molar-refractivity contribution in [3.63, 3.8) is 0 Å². The van der Waals surface area contributed by atoms with E-state index in [2.05, 4.69) is 0 Å². The number of carbonyl (C=O) groups excluding carboxylic acids is 1. The van der Waals surface area contributed by atoms with E-state index in [1.165, 1.54) is 12.1 Å². The van der Waals surface area contributed by atoms with Gasteiger partial charge in [0.1, 0.15) is 42.2 Å². The normalized spacial score (nSPS) is 11.6. The maximum absolute atomic E-state index is 13.1. The minimum Gasteiger partial charge on any atom is -0.490 e. The van der Waals surface area contributed by atoms with Gasteiger partial charge in [-0.25, -0.2) is 9.18 Å². The summed E-state index contributed by atoms with van der Waals surface area (Å²) in [6, 6.07) is 12.6. The standard InChI is InChI=1S/C19H21FO5/c1-14(13-24-16-7-5-6-15(20)12-16)25-19(21)17-8-3-4-9-18(17)23-11-10-22-2/h3-9,12,14H,10-11,13H2,1-2H3. The number of benzene rings is 2. The Morgan fingerprint density at radius 1 is 1.08 bits per heavy atom. The zero-order valence-corrected chi connectivity index (χ0v) is 14.2. The summed E-state index contributed by atoms with van der Waals surface area (Å²) < 4.78 is 34.4. The van der Waals surface area contributed by atoms with Gasteiger partial charge in [0.2, 0.25) is 0 Å². The quantitative estimate of drug-likeness (QED) is 0.513. The van der Waals surface area contributed by atoms with Crippen LogP contribution in [0.5, 0.6) is 11.5 Å². The molecule has 0 aliphatic heterocycles. The molecule has 0 aliphatic rings. The van der Waals surface area contributed by atoms with Crippen LogP contribution in [0.2, 0.25) is 0 Å². The van der Waals surface area contributed by atoms with Gasteiger partial charge in [-0.05, 0) is 31.2 Å². The molecule has 0 aromatic heterocycles. The van der Waals surface area contributed by atoms with Gasteiger partial charge in [0.05, 0.1) is 6.61 Å². The van der Waals surface area contributed by atoms with Crippen LogP contribution in [0.1, 0.15) is 17.3 Å². The molecule has 0 fully saturated rings. The zero-order chi connectivity index (χ0) is 18.1. The lowest BCUT2D eigenvalue weighted by molar-refractivity contribution is 0.0223. The number of hydrogen-bond donors (Lipinski definition) is 0. The van der Waals surface area contributed by atoms with Gasteiger partial charge in [-0.3, -0.25) is 0 Å². The molecule has 0 heterocycles. The Hall–Kier alpha value is -2.60. The van der Waals surface area contributed by atoms with Gasteiger partial charge in [-0.15, -0.1) is 0 Å². The van der Waals surface area contributed by atoms with E-state index in [1.807, 2.05) is 0 Å². The summed E-state index contributed by atoms with van der Waals surface area (Å²) in [4.78, 5) is 12.3. The van der Waals surface area contributed by atoms with Gasteiger partial charge < -0.3 is 18.9 Å². The molecule has 0 N–H and O–H groups in total. The third-order valence-electron chi connectivity index (χ3n) is 3.24. The number of ether oxygens (including phenoxy) is 4. The van der Waals surface area contributed by atoms with Crippen molar-refractivity contribution in [3.05, 3.63) is 59.9 Å². The highest BCUT2D eigenvalue weighted by Crippen LogP contribution is 2.20. The molecule has 2 aromatic carbocycles. The maximum atomic E-state index is 13.1. The fourth-order valence-electron chi connectivity index (χ4n) is 2.05. The second-order valence-corrected chi connectivity index (χ2v) is 5.32. The van der Waals surface area contributed by atoms with Crippen LogP contribution >= 0.6 is 0 Å². The molecule has 0 spiro atoms. The number of halogens is 1. The topological polar surface area (TPSA) is 54.0 Å². The van der Waals surface area contributed by atoms with Gasteiger partial charge in [0.15, 0.2) is 0 Å². The van der Waals surface area contributed by atoms with Crippen molar-refractivity contribution in [1.82, 2.24) is 0 Å². The highest BCUT2D eigenvalue weighted by atomic mass is 19.1. The lowest BCUT2D eigenvalue weighted by Gasteiger charge is -2.16. The van der Waals surface area contributed by atoms with Crippen LogP contribution < -0.4 is 9.47 Å². The van der Waals surface area contributed by atoms with Crippen molar-refractivity contribution in [2.75, 3.05) is 26.9 Å². The molecule has 6 heteroatoms. The third-order valence-corrected chi connectivity index (χ3v) is 3.24. The van der Waals surface area contributed by atoms with Crippen molar-refractivity contribution < 1.29 is 28.1 Å². The van der Waals surface area contributed by atoms with Crippen LogP contribution in [0, 0.1) is 5.82 Å². The minimum atomic E-state index is -0.511. The zero-order valence-electron chi connectivity index (χ0n) is 14.2. The van der Waals surface area contributed by atoms with Gasteiger partial charge in [-0.2, -0.15) is 0 Å². The fraction of sp³-hybridized carbons (Fsp3) is 0.316. The fourth-order valence-corrected chi connectivity index (χ4v) is 2.05. The Kier molecular flexibility index (Phi) is 7.22. The second-order valence-electron chi connectivity index (χ2n) is 5.32. The predicted molar refractivity (Wildman–Crippen MR) is 90.6 cm³/mol. The second kappa shape index (κ2) is 9.64. The maximum Gasteiger partial charge on any atom is 0.342 e. The molecular weight excluding hydrogens is 327 g/mol. The van der Waals surface area contributed by atoms with Gasteiger partial charge in [0.25, 0.3) is 0 Å². The molecule has 0 bridgehead atoms. The molecule has 1 unspecified atom stereocenters. The molecule has 0 saturated heterocycles. The third kappa shape index (κ3) is 6.08. The molecular formula is C19H21FO5. The van der Waals surface area contributed by atoms with Crippen molar-refractivity contribution in [3.8, 4) is 11.5 Å². The molecule has 0 aliphatic carbocycles. The predicted octanol–water partition coefficient (Wildman–Crippen LogP) is 3.48. The molecule has 0 saturated carbocycles. The lowest BCUT2D eigenvalue weighted by atomic mass is 10.2. The number of hydrogen-bond acceptors (Lipinski definition) is 5. The van der Waals surface area contributed by atoms with Crippen LogP contribution in [0.25, 0.3) is 0 Å². The molecule has 0 amide bonds. The molecule has 1 atom stereocenters. The number of carbonyl (C=O) groups is 1. The van der Waals surface area contributed by atoms with Crippen molar-refractivity contribution in [2.24, 2.45) is 0 Å². The Balaban J connectivity index is 1.90. The Morgan fingerprint density at radius 3 is 2.64 bits per heavy atom. The van der Waals surface area contributed by atoms with E-state index in [0.29, 0.717) is 30.3 Å². The van der Waals surface area contributed by atoms with E-state index in [4.69, 9.17) is 18.9 Å². The van der Waals surface area contributed by atoms with Gasteiger partial charge in [0, 0.05) is 13.2 Å². The molecule has 134 valence electrons. The van der Waals surface area contributed by atoms with Gasteiger partial charge >= 0.3 is 5.97 Å². The smallest absolute Gasteiger partial charge is 0.342 e. The highest BCUT2D eigenvalue weighted by molar-refractivity contribution is 5.92. The van der Waals surface area contributed by atoms with Crippen molar-refractivity contribution in [1.29, 1.82) is 0 Å². The largest absolute Gasteiger partial charge is 0.490 e. The van der Waals surface area contributed by atoms with Crippen LogP contribution in [-0.4, -0.2) is 39.0 Å². The first-order valence-corrected chi connectivity index (χ1v) is 7.90. The first-order chi connectivity index (χ1) is 12.1. The minimum absolute atomic E-state index is 0.113. The summed E-state index contributed by atoms with van der Waals surface area (Å²) in [5.74, 6) is -0.0818. The van der Waals surface area contributed by atoms with E-state index >= 15 is 0 Å². The van der Waals surface area contributed by atoms with E-state index < -0.39 is 12.1 Å². The molecule has 0 radical (unpaired) electrons. The molecule has 2 aromatic rings. The van der Waals surface area contributed by atoms with Gasteiger partial charge in [-0.1, -0.05) is 18.2 Å².